The molecule has 168 valence electrons. The van der Waals surface area contributed by atoms with Crippen LogP contribution in [0.25, 0.3) is 11.4 Å². The summed E-state index contributed by atoms with van der Waals surface area (Å²) in [5, 5.41) is 7.12. The zero-order chi connectivity index (χ0) is 22.3. The lowest BCUT2D eigenvalue weighted by molar-refractivity contribution is -0.122. The van der Waals surface area contributed by atoms with Crippen LogP contribution in [0.4, 0.5) is 0 Å². The number of hydrogen-bond acceptors (Lipinski definition) is 7. The van der Waals surface area contributed by atoms with Crippen molar-refractivity contribution < 1.29 is 14.1 Å². The number of methoxy groups -OCH3 is 1. The molecule has 1 amide bonds. The molecule has 0 spiro atoms. The monoisotopic (exact) mass is 435 g/mol. The predicted molar refractivity (Wildman–Crippen MR) is 121 cm³/mol. The quantitative estimate of drug-likeness (QED) is 0.582. The Hall–Kier alpha value is -3.23. The molecule has 0 bridgehead atoms. The molecule has 8 nitrogen and oxygen atoms in total. The highest BCUT2D eigenvalue weighted by Gasteiger charge is 2.21. The van der Waals surface area contributed by atoms with Gasteiger partial charge in [-0.3, -0.25) is 14.6 Å². The van der Waals surface area contributed by atoms with Gasteiger partial charge in [-0.15, -0.1) is 0 Å². The third-order valence-corrected chi connectivity index (χ3v) is 5.74. The van der Waals surface area contributed by atoms with Gasteiger partial charge < -0.3 is 14.6 Å². The van der Waals surface area contributed by atoms with Crippen LogP contribution in [0.2, 0.25) is 0 Å². The number of hydrogen-bond donors (Lipinski definition) is 1. The normalized spacial score (nSPS) is 14.9. The van der Waals surface area contributed by atoms with Crippen LogP contribution in [0.5, 0.6) is 5.75 Å². The number of amides is 1. The van der Waals surface area contributed by atoms with Crippen LogP contribution in [0.1, 0.15) is 17.0 Å². The van der Waals surface area contributed by atoms with Gasteiger partial charge >= 0.3 is 0 Å². The number of ether oxygens (including phenoxy) is 1. The average molecular weight is 436 g/mol. The summed E-state index contributed by atoms with van der Waals surface area (Å²) in [6.07, 6.45) is 0. The van der Waals surface area contributed by atoms with E-state index in [0.29, 0.717) is 31.3 Å². The number of nitrogens with zero attached hydrogens (tertiary/aromatic N) is 4. The molecule has 0 unspecified atom stereocenters. The molecule has 8 heteroatoms. The van der Waals surface area contributed by atoms with Gasteiger partial charge in [0.15, 0.2) is 0 Å². The first-order chi connectivity index (χ1) is 15.6. The van der Waals surface area contributed by atoms with E-state index in [9.17, 15) is 4.79 Å². The zero-order valence-corrected chi connectivity index (χ0v) is 18.6. The van der Waals surface area contributed by atoms with Crippen molar-refractivity contribution in [3.05, 3.63) is 65.5 Å². The van der Waals surface area contributed by atoms with Gasteiger partial charge in [0.05, 0.1) is 20.2 Å². The molecule has 1 saturated heterocycles. The molecular formula is C24H29N5O3. The molecule has 0 aliphatic carbocycles. The molecular weight excluding hydrogens is 406 g/mol. The van der Waals surface area contributed by atoms with Crippen molar-refractivity contribution in [2.45, 2.75) is 20.0 Å². The number of rotatable bonds is 8. The maximum Gasteiger partial charge on any atom is 0.241 e. The molecule has 1 aliphatic rings. The van der Waals surface area contributed by atoms with Gasteiger partial charge in [-0.25, -0.2) is 0 Å². The molecule has 2 heterocycles. The highest BCUT2D eigenvalue weighted by Crippen LogP contribution is 2.20. The number of aryl methyl sites for hydroxylation is 1. The van der Waals surface area contributed by atoms with Gasteiger partial charge in [0.25, 0.3) is 0 Å². The van der Waals surface area contributed by atoms with Crippen molar-refractivity contribution in [2.75, 3.05) is 39.8 Å². The third-order valence-electron chi connectivity index (χ3n) is 5.74. The van der Waals surface area contributed by atoms with Crippen molar-refractivity contribution in [3.8, 4) is 17.1 Å². The van der Waals surface area contributed by atoms with E-state index in [1.165, 1.54) is 5.56 Å². The second-order valence-corrected chi connectivity index (χ2v) is 8.00. The largest absolute Gasteiger partial charge is 0.497 e. The Morgan fingerprint density at radius 3 is 2.50 bits per heavy atom. The average Bonchev–Trinajstić information content (AvgIpc) is 3.28. The summed E-state index contributed by atoms with van der Waals surface area (Å²) >= 11 is 0. The SMILES string of the molecule is COc1ccc(-c2noc(CN3CCN(CC(=O)NCc4ccccc4C)CC3)n2)cc1. The maximum absolute atomic E-state index is 12.3. The van der Waals surface area contributed by atoms with Crippen LogP contribution in [-0.4, -0.2) is 65.7 Å². The van der Waals surface area contributed by atoms with Crippen LogP contribution < -0.4 is 10.1 Å². The van der Waals surface area contributed by atoms with Crippen molar-refractivity contribution in [1.82, 2.24) is 25.3 Å². The van der Waals surface area contributed by atoms with Crippen molar-refractivity contribution >= 4 is 5.91 Å². The molecule has 4 rings (SSSR count). The lowest BCUT2D eigenvalue weighted by atomic mass is 10.1. The van der Waals surface area contributed by atoms with Gasteiger partial charge in [0.2, 0.25) is 17.6 Å². The number of carbonyl (C=O) groups excluding carboxylic acids is 1. The predicted octanol–water partition coefficient (Wildman–Crippen LogP) is 2.49. The summed E-state index contributed by atoms with van der Waals surface area (Å²) < 4.78 is 10.6. The summed E-state index contributed by atoms with van der Waals surface area (Å²) in [5.41, 5.74) is 3.24. The number of piperazine rings is 1. The molecule has 0 radical (unpaired) electrons. The van der Waals surface area contributed by atoms with Gasteiger partial charge in [-0.2, -0.15) is 4.98 Å². The Bertz CT molecular complexity index is 1030. The molecule has 1 N–H and O–H groups in total. The standard InChI is InChI=1S/C24H29N5O3/c1-18-5-3-4-6-20(18)15-25-22(30)16-28-11-13-29(14-12-28)17-23-26-24(27-32-23)19-7-9-21(31-2)10-8-19/h3-10H,11-17H2,1-2H3,(H,25,30). The van der Waals surface area contributed by atoms with Crippen molar-refractivity contribution in [3.63, 3.8) is 0 Å². The van der Waals surface area contributed by atoms with E-state index in [0.717, 1.165) is 43.1 Å². The topological polar surface area (TPSA) is 83.7 Å². The van der Waals surface area contributed by atoms with Crippen LogP contribution in [-0.2, 0) is 17.9 Å². The van der Waals surface area contributed by atoms with Crippen molar-refractivity contribution in [1.29, 1.82) is 0 Å². The fourth-order valence-corrected chi connectivity index (χ4v) is 3.73. The van der Waals surface area contributed by atoms with E-state index < -0.39 is 0 Å². The number of aromatic nitrogens is 2. The molecule has 1 aliphatic heterocycles. The first-order valence-corrected chi connectivity index (χ1v) is 10.8. The lowest BCUT2D eigenvalue weighted by Gasteiger charge is -2.33. The van der Waals surface area contributed by atoms with Crippen LogP contribution in [0, 0.1) is 6.92 Å². The Balaban J connectivity index is 1.21. The molecule has 0 atom stereocenters. The second kappa shape index (κ2) is 10.4. The summed E-state index contributed by atoms with van der Waals surface area (Å²) in [7, 11) is 1.64. The second-order valence-electron chi connectivity index (χ2n) is 8.00. The maximum atomic E-state index is 12.3. The van der Waals surface area contributed by atoms with E-state index in [1.54, 1.807) is 7.11 Å². The molecule has 1 aromatic heterocycles. The fraction of sp³-hybridized carbons (Fsp3) is 0.375. The van der Waals surface area contributed by atoms with Gasteiger partial charge in [-0.05, 0) is 42.3 Å². The summed E-state index contributed by atoms with van der Waals surface area (Å²) in [4.78, 5) is 21.3. The minimum absolute atomic E-state index is 0.0581. The lowest BCUT2D eigenvalue weighted by Crippen LogP contribution is -2.49. The first-order valence-electron chi connectivity index (χ1n) is 10.8. The first kappa shape index (κ1) is 22.0. The smallest absolute Gasteiger partial charge is 0.241 e. The number of nitrogens with one attached hydrogen (secondary N) is 1. The minimum Gasteiger partial charge on any atom is -0.497 e. The Morgan fingerprint density at radius 2 is 1.78 bits per heavy atom. The fourth-order valence-electron chi connectivity index (χ4n) is 3.73. The van der Waals surface area contributed by atoms with E-state index in [-0.39, 0.29) is 5.91 Å². The summed E-state index contributed by atoms with van der Waals surface area (Å²) in [6.45, 7) is 7.02. The van der Waals surface area contributed by atoms with Crippen LogP contribution in [0.3, 0.4) is 0 Å². The zero-order valence-electron chi connectivity index (χ0n) is 18.6. The van der Waals surface area contributed by atoms with Gasteiger partial charge in [0.1, 0.15) is 5.75 Å². The van der Waals surface area contributed by atoms with E-state index in [4.69, 9.17) is 9.26 Å². The summed E-state index contributed by atoms with van der Waals surface area (Å²) in [6, 6.07) is 15.7. The number of benzene rings is 2. The Kier molecular flexibility index (Phi) is 7.14. The Morgan fingerprint density at radius 1 is 1.06 bits per heavy atom. The molecule has 1 fully saturated rings. The van der Waals surface area contributed by atoms with E-state index in [2.05, 4.69) is 38.2 Å². The van der Waals surface area contributed by atoms with Crippen molar-refractivity contribution in [2.24, 2.45) is 0 Å². The Labute approximate surface area is 188 Å². The molecule has 32 heavy (non-hydrogen) atoms. The van der Waals surface area contributed by atoms with Crippen LogP contribution in [0.15, 0.2) is 53.1 Å². The van der Waals surface area contributed by atoms with E-state index in [1.807, 2.05) is 42.5 Å². The molecule has 3 aromatic rings. The van der Waals surface area contributed by atoms with E-state index >= 15 is 0 Å². The molecule has 2 aromatic carbocycles. The third kappa shape index (κ3) is 5.72. The summed E-state index contributed by atoms with van der Waals surface area (Å²) in [5.74, 6) is 2.02. The van der Waals surface area contributed by atoms with Gasteiger partial charge in [0, 0.05) is 38.3 Å². The highest BCUT2D eigenvalue weighted by atomic mass is 16.5. The number of carbonyl (C=O) groups is 1. The molecule has 0 saturated carbocycles. The van der Waals surface area contributed by atoms with Crippen LogP contribution >= 0.6 is 0 Å². The highest BCUT2D eigenvalue weighted by molar-refractivity contribution is 5.78. The minimum atomic E-state index is 0.0581. The van der Waals surface area contributed by atoms with Gasteiger partial charge in [-0.1, -0.05) is 29.4 Å².